The molecule has 2 aromatic carbocycles. The summed E-state index contributed by atoms with van der Waals surface area (Å²) < 4.78 is 0. The van der Waals surface area contributed by atoms with E-state index in [9.17, 15) is 4.79 Å². The molecule has 1 N–H and O–H groups in total. The third kappa shape index (κ3) is 3.74. The molecule has 20 heavy (non-hydrogen) atoms. The molecule has 2 aromatic rings. The minimum atomic E-state index is -0.275. The highest BCUT2D eigenvalue weighted by Gasteiger charge is 2.08. The zero-order valence-electron chi connectivity index (χ0n) is 10.4. The SMILES string of the molecule is N#CCc1cccc(C(=O)Nc2cc(Cl)cc(Cl)c2)c1. The van der Waals surface area contributed by atoms with E-state index in [1.54, 1.807) is 42.5 Å². The van der Waals surface area contributed by atoms with Gasteiger partial charge in [0.2, 0.25) is 0 Å². The van der Waals surface area contributed by atoms with Crippen LogP contribution < -0.4 is 5.32 Å². The van der Waals surface area contributed by atoms with Crippen molar-refractivity contribution in [1.82, 2.24) is 0 Å². The van der Waals surface area contributed by atoms with Gasteiger partial charge in [0, 0.05) is 21.3 Å². The van der Waals surface area contributed by atoms with Crippen molar-refractivity contribution in [3.63, 3.8) is 0 Å². The van der Waals surface area contributed by atoms with Crippen LogP contribution in [0.15, 0.2) is 42.5 Å². The van der Waals surface area contributed by atoms with Crippen LogP contribution in [-0.4, -0.2) is 5.91 Å². The highest BCUT2D eigenvalue weighted by Crippen LogP contribution is 2.23. The van der Waals surface area contributed by atoms with Gasteiger partial charge in [-0.25, -0.2) is 0 Å². The fraction of sp³-hybridized carbons (Fsp3) is 0.0667. The highest BCUT2D eigenvalue weighted by atomic mass is 35.5. The number of hydrogen-bond acceptors (Lipinski definition) is 2. The second-order valence-electron chi connectivity index (χ2n) is 4.15. The Morgan fingerprint density at radius 3 is 2.50 bits per heavy atom. The van der Waals surface area contributed by atoms with E-state index in [0.29, 0.717) is 21.3 Å². The molecule has 0 saturated heterocycles. The Hall–Kier alpha value is -2.02. The number of nitrogens with one attached hydrogen (secondary N) is 1. The first-order chi connectivity index (χ1) is 9.58. The van der Waals surface area contributed by atoms with Crippen molar-refractivity contribution in [3.8, 4) is 6.07 Å². The van der Waals surface area contributed by atoms with Crippen molar-refractivity contribution in [3.05, 3.63) is 63.6 Å². The molecule has 100 valence electrons. The van der Waals surface area contributed by atoms with Gasteiger partial charge in [0.1, 0.15) is 0 Å². The van der Waals surface area contributed by atoms with Crippen LogP contribution in [-0.2, 0) is 6.42 Å². The summed E-state index contributed by atoms with van der Waals surface area (Å²) in [5, 5.41) is 12.3. The summed E-state index contributed by atoms with van der Waals surface area (Å²) in [6.07, 6.45) is 0.268. The van der Waals surface area contributed by atoms with Crippen LogP contribution >= 0.6 is 23.2 Å². The first-order valence-corrected chi connectivity index (χ1v) is 6.57. The van der Waals surface area contributed by atoms with Crippen LogP contribution in [0.25, 0.3) is 0 Å². The van der Waals surface area contributed by atoms with Gasteiger partial charge in [-0.2, -0.15) is 5.26 Å². The molecule has 0 aromatic heterocycles. The summed E-state index contributed by atoms with van der Waals surface area (Å²) in [5.41, 5.74) is 1.80. The number of nitriles is 1. The standard InChI is InChI=1S/C15H10Cl2N2O/c16-12-7-13(17)9-14(8-12)19-15(20)11-3-1-2-10(6-11)4-5-18/h1-3,6-9H,4H2,(H,19,20). The zero-order valence-corrected chi connectivity index (χ0v) is 11.9. The van der Waals surface area contributed by atoms with Crippen molar-refractivity contribution < 1.29 is 4.79 Å². The van der Waals surface area contributed by atoms with E-state index < -0.39 is 0 Å². The Balaban J connectivity index is 2.19. The molecule has 0 aliphatic rings. The lowest BCUT2D eigenvalue weighted by molar-refractivity contribution is 0.102. The van der Waals surface area contributed by atoms with Crippen LogP contribution in [0.4, 0.5) is 5.69 Å². The monoisotopic (exact) mass is 304 g/mol. The van der Waals surface area contributed by atoms with Gasteiger partial charge in [0.05, 0.1) is 12.5 Å². The van der Waals surface area contributed by atoms with E-state index in [2.05, 4.69) is 5.32 Å². The minimum Gasteiger partial charge on any atom is -0.322 e. The summed E-state index contributed by atoms with van der Waals surface area (Å²) >= 11 is 11.7. The molecule has 0 radical (unpaired) electrons. The van der Waals surface area contributed by atoms with E-state index in [4.69, 9.17) is 28.5 Å². The number of halogens is 2. The Bertz CT molecular complexity index is 672. The molecule has 1 amide bonds. The number of benzene rings is 2. The largest absolute Gasteiger partial charge is 0.322 e. The average Bonchev–Trinajstić information content (AvgIpc) is 2.38. The maximum atomic E-state index is 12.1. The molecule has 5 heteroatoms. The molecule has 3 nitrogen and oxygen atoms in total. The zero-order chi connectivity index (χ0) is 14.5. The second-order valence-corrected chi connectivity index (χ2v) is 5.02. The van der Waals surface area contributed by atoms with Crippen molar-refractivity contribution in [2.24, 2.45) is 0 Å². The molecule has 0 heterocycles. The first kappa shape index (κ1) is 14.4. The molecule has 0 unspecified atom stereocenters. The van der Waals surface area contributed by atoms with Gasteiger partial charge in [-0.1, -0.05) is 35.3 Å². The number of carbonyl (C=O) groups is 1. The fourth-order valence-corrected chi connectivity index (χ4v) is 2.27. The van der Waals surface area contributed by atoms with Crippen LogP contribution in [0, 0.1) is 11.3 Å². The smallest absolute Gasteiger partial charge is 0.255 e. The second kappa shape index (κ2) is 6.42. The predicted octanol–water partition coefficient (Wildman–Crippen LogP) is 4.31. The van der Waals surface area contributed by atoms with Gasteiger partial charge in [0.15, 0.2) is 0 Å². The molecule has 0 atom stereocenters. The summed E-state index contributed by atoms with van der Waals surface area (Å²) in [6.45, 7) is 0. The molecular formula is C15H10Cl2N2O. The van der Waals surface area contributed by atoms with Gasteiger partial charge < -0.3 is 5.32 Å². The number of nitrogens with zero attached hydrogens (tertiary/aromatic N) is 1. The quantitative estimate of drug-likeness (QED) is 0.918. The maximum Gasteiger partial charge on any atom is 0.255 e. The van der Waals surface area contributed by atoms with Crippen LogP contribution in [0.3, 0.4) is 0 Å². The van der Waals surface area contributed by atoms with Gasteiger partial charge in [0.25, 0.3) is 5.91 Å². The number of amides is 1. The van der Waals surface area contributed by atoms with E-state index in [0.717, 1.165) is 5.56 Å². The Morgan fingerprint density at radius 1 is 1.15 bits per heavy atom. The van der Waals surface area contributed by atoms with Crippen molar-refractivity contribution >= 4 is 34.8 Å². The maximum absolute atomic E-state index is 12.1. The topological polar surface area (TPSA) is 52.9 Å². The number of hydrogen-bond donors (Lipinski definition) is 1. The normalized spacial score (nSPS) is 9.85. The Kier molecular flexibility index (Phi) is 4.62. The van der Waals surface area contributed by atoms with Gasteiger partial charge >= 0.3 is 0 Å². The molecule has 0 saturated carbocycles. The highest BCUT2D eigenvalue weighted by molar-refractivity contribution is 6.35. The third-order valence-electron chi connectivity index (χ3n) is 2.59. The van der Waals surface area contributed by atoms with Gasteiger partial charge in [-0.05, 0) is 35.9 Å². The van der Waals surface area contributed by atoms with E-state index >= 15 is 0 Å². The lowest BCUT2D eigenvalue weighted by Crippen LogP contribution is -2.12. The molecule has 0 spiro atoms. The Morgan fingerprint density at radius 2 is 1.85 bits per heavy atom. The summed E-state index contributed by atoms with van der Waals surface area (Å²) in [4.78, 5) is 12.1. The average molecular weight is 305 g/mol. The summed E-state index contributed by atoms with van der Waals surface area (Å²) in [5.74, 6) is -0.275. The van der Waals surface area contributed by atoms with Gasteiger partial charge in [-0.3, -0.25) is 4.79 Å². The summed E-state index contributed by atoms with van der Waals surface area (Å²) in [7, 11) is 0. The number of carbonyl (C=O) groups excluding carboxylic acids is 1. The van der Waals surface area contributed by atoms with Crippen molar-refractivity contribution in [2.45, 2.75) is 6.42 Å². The molecule has 2 rings (SSSR count). The minimum absolute atomic E-state index is 0.268. The lowest BCUT2D eigenvalue weighted by atomic mass is 10.1. The van der Waals surface area contributed by atoms with Crippen LogP contribution in [0.1, 0.15) is 15.9 Å². The first-order valence-electron chi connectivity index (χ1n) is 5.82. The molecule has 0 aliphatic heterocycles. The third-order valence-corrected chi connectivity index (χ3v) is 3.03. The number of rotatable bonds is 3. The van der Waals surface area contributed by atoms with E-state index in [-0.39, 0.29) is 12.3 Å². The van der Waals surface area contributed by atoms with Crippen LogP contribution in [0.2, 0.25) is 10.0 Å². The van der Waals surface area contributed by atoms with E-state index in [1.165, 1.54) is 0 Å². The molecular weight excluding hydrogens is 295 g/mol. The van der Waals surface area contributed by atoms with E-state index in [1.807, 2.05) is 6.07 Å². The Labute approximate surface area is 126 Å². The summed E-state index contributed by atoms with van der Waals surface area (Å²) in [6, 6.07) is 13.8. The predicted molar refractivity (Wildman–Crippen MR) is 80.2 cm³/mol. The molecule has 0 fully saturated rings. The fourth-order valence-electron chi connectivity index (χ4n) is 1.74. The molecule has 0 bridgehead atoms. The van der Waals surface area contributed by atoms with Crippen LogP contribution in [0.5, 0.6) is 0 Å². The molecule has 0 aliphatic carbocycles. The lowest BCUT2D eigenvalue weighted by Gasteiger charge is -2.07. The van der Waals surface area contributed by atoms with Crippen molar-refractivity contribution in [2.75, 3.05) is 5.32 Å². The van der Waals surface area contributed by atoms with Crippen molar-refractivity contribution in [1.29, 1.82) is 5.26 Å². The van der Waals surface area contributed by atoms with Gasteiger partial charge in [-0.15, -0.1) is 0 Å². The number of anilines is 1.